The third kappa shape index (κ3) is 4.23. The summed E-state index contributed by atoms with van der Waals surface area (Å²) in [6.45, 7) is 3.30. The maximum absolute atomic E-state index is 11.9. The van der Waals surface area contributed by atoms with Gasteiger partial charge in [0.05, 0.1) is 38.4 Å². The van der Waals surface area contributed by atoms with Crippen molar-refractivity contribution in [2.75, 3.05) is 33.0 Å². The molecule has 0 aromatic rings. The monoisotopic (exact) mass is 246 g/mol. The highest BCUT2D eigenvalue weighted by Crippen LogP contribution is 2.14. The van der Waals surface area contributed by atoms with Gasteiger partial charge in [-0.2, -0.15) is 0 Å². The first-order valence-corrected chi connectivity index (χ1v) is 6.06. The molecular formula is C11H22N2O4. The van der Waals surface area contributed by atoms with Crippen molar-refractivity contribution in [1.82, 2.24) is 10.6 Å². The molecule has 0 spiro atoms. The van der Waals surface area contributed by atoms with E-state index in [1.54, 1.807) is 0 Å². The van der Waals surface area contributed by atoms with Crippen LogP contribution in [0.1, 0.15) is 13.3 Å². The number of amides is 1. The van der Waals surface area contributed by atoms with Crippen LogP contribution in [-0.2, 0) is 9.53 Å². The van der Waals surface area contributed by atoms with E-state index in [1.807, 2.05) is 0 Å². The van der Waals surface area contributed by atoms with Gasteiger partial charge < -0.3 is 25.6 Å². The lowest BCUT2D eigenvalue weighted by molar-refractivity contribution is -0.126. The maximum atomic E-state index is 11.9. The lowest BCUT2D eigenvalue weighted by Crippen LogP contribution is -2.49. The minimum Gasteiger partial charge on any atom is -0.394 e. The van der Waals surface area contributed by atoms with Crippen LogP contribution >= 0.6 is 0 Å². The summed E-state index contributed by atoms with van der Waals surface area (Å²) in [4.78, 5) is 11.9. The summed E-state index contributed by atoms with van der Waals surface area (Å²) in [6.07, 6.45) is 1.00. The third-order valence-electron chi connectivity index (χ3n) is 2.86. The predicted molar refractivity (Wildman–Crippen MR) is 62.5 cm³/mol. The zero-order valence-electron chi connectivity index (χ0n) is 10.2. The number of ether oxygens (including phenoxy) is 1. The van der Waals surface area contributed by atoms with Crippen LogP contribution in [0, 0.1) is 5.92 Å². The van der Waals surface area contributed by atoms with Crippen molar-refractivity contribution >= 4 is 5.91 Å². The Labute approximate surface area is 101 Å². The highest BCUT2D eigenvalue weighted by molar-refractivity contribution is 5.80. The van der Waals surface area contributed by atoms with Crippen LogP contribution in [0.3, 0.4) is 0 Å². The van der Waals surface area contributed by atoms with Crippen molar-refractivity contribution in [2.24, 2.45) is 5.92 Å². The van der Waals surface area contributed by atoms with E-state index in [0.29, 0.717) is 13.2 Å². The van der Waals surface area contributed by atoms with Crippen molar-refractivity contribution in [3.63, 3.8) is 0 Å². The van der Waals surface area contributed by atoms with E-state index < -0.39 is 6.04 Å². The van der Waals surface area contributed by atoms with Crippen LogP contribution in [0.4, 0.5) is 0 Å². The number of aliphatic hydroxyl groups is 2. The lowest BCUT2D eigenvalue weighted by atomic mass is 10.0. The highest BCUT2D eigenvalue weighted by Gasteiger charge is 2.34. The largest absolute Gasteiger partial charge is 0.394 e. The Kier molecular flexibility index (Phi) is 6.43. The fourth-order valence-electron chi connectivity index (χ4n) is 1.80. The fourth-order valence-corrected chi connectivity index (χ4v) is 1.80. The molecule has 0 aromatic carbocycles. The summed E-state index contributed by atoms with van der Waals surface area (Å²) in [7, 11) is 0. The third-order valence-corrected chi connectivity index (χ3v) is 2.86. The zero-order chi connectivity index (χ0) is 12.7. The quantitative estimate of drug-likeness (QED) is 0.437. The second-order valence-corrected chi connectivity index (χ2v) is 4.28. The van der Waals surface area contributed by atoms with E-state index in [1.165, 1.54) is 0 Å². The van der Waals surface area contributed by atoms with Gasteiger partial charge in [0.25, 0.3) is 0 Å². The first-order chi connectivity index (χ1) is 8.22. The van der Waals surface area contributed by atoms with Crippen molar-refractivity contribution in [2.45, 2.75) is 25.4 Å². The van der Waals surface area contributed by atoms with Gasteiger partial charge >= 0.3 is 0 Å². The van der Waals surface area contributed by atoms with Crippen molar-refractivity contribution in [3.8, 4) is 0 Å². The molecule has 100 valence electrons. The van der Waals surface area contributed by atoms with Crippen LogP contribution in [0.25, 0.3) is 0 Å². The molecule has 1 rings (SSSR count). The predicted octanol–water partition coefficient (Wildman–Crippen LogP) is -1.53. The van der Waals surface area contributed by atoms with Gasteiger partial charge in [0.2, 0.25) is 5.91 Å². The molecule has 1 saturated heterocycles. The number of carbonyl (C=O) groups excluding carboxylic acids is 1. The summed E-state index contributed by atoms with van der Waals surface area (Å²) < 4.78 is 5.29. The molecule has 1 aliphatic heterocycles. The standard InChI is InChI=1S/C11H22N2O4/c1-2-3-12-10-7-17-6-9(10)11(16)13-8(4-14)5-15/h8-10,12,14-15H,2-7H2,1H3,(H,13,16). The molecule has 0 radical (unpaired) electrons. The number of nitrogens with one attached hydrogen (secondary N) is 2. The summed E-state index contributed by atoms with van der Waals surface area (Å²) in [6, 6.07) is -0.567. The van der Waals surface area contributed by atoms with Gasteiger partial charge in [-0.25, -0.2) is 0 Å². The molecule has 1 fully saturated rings. The summed E-state index contributed by atoms with van der Waals surface area (Å²) in [5, 5.41) is 23.7. The summed E-state index contributed by atoms with van der Waals surface area (Å²) in [5.74, 6) is -0.425. The second-order valence-electron chi connectivity index (χ2n) is 4.28. The number of hydrogen-bond donors (Lipinski definition) is 4. The Morgan fingerprint density at radius 1 is 1.41 bits per heavy atom. The van der Waals surface area contributed by atoms with Crippen molar-refractivity contribution in [1.29, 1.82) is 0 Å². The molecule has 2 atom stereocenters. The summed E-state index contributed by atoms with van der Waals surface area (Å²) in [5.41, 5.74) is 0. The Balaban J connectivity index is 2.43. The van der Waals surface area contributed by atoms with E-state index in [-0.39, 0.29) is 31.1 Å². The topological polar surface area (TPSA) is 90.8 Å². The molecule has 6 heteroatoms. The SMILES string of the molecule is CCCNC1COCC1C(=O)NC(CO)CO. The minimum atomic E-state index is -0.588. The average molecular weight is 246 g/mol. The van der Waals surface area contributed by atoms with Gasteiger partial charge in [-0.1, -0.05) is 6.92 Å². The average Bonchev–Trinajstić information content (AvgIpc) is 2.81. The van der Waals surface area contributed by atoms with E-state index in [2.05, 4.69) is 17.6 Å². The first-order valence-electron chi connectivity index (χ1n) is 6.06. The Morgan fingerprint density at radius 3 is 2.71 bits per heavy atom. The summed E-state index contributed by atoms with van der Waals surface area (Å²) >= 11 is 0. The highest BCUT2D eigenvalue weighted by atomic mass is 16.5. The smallest absolute Gasteiger partial charge is 0.227 e. The van der Waals surface area contributed by atoms with E-state index in [9.17, 15) is 4.79 Å². The zero-order valence-corrected chi connectivity index (χ0v) is 10.2. The molecular weight excluding hydrogens is 224 g/mol. The molecule has 1 aliphatic rings. The van der Waals surface area contributed by atoms with Crippen molar-refractivity contribution < 1.29 is 19.7 Å². The van der Waals surface area contributed by atoms with Gasteiger partial charge in [-0.05, 0) is 13.0 Å². The van der Waals surface area contributed by atoms with Gasteiger partial charge in [0, 0.05) is 6.04 Å². The number of aliphatic hydroxyl groups excluding tert-OH is 2. The molecule has 0 aromatic heterocycles. The van der Waals surface area contributed by atoms with E-state index in [0.717, 1.165) is 13.0 Å². The molecule has 1 heterocycles. The maximum Gasteiger partial charge on any atom is 0.227 e. The van der Waals surface area contributed by atoms with Gasteiger partial charge in [0.15, 0.2) is 0 Å². The van der Waals surface area contributed by atoms with Crippen LogP contribution in [0.2, 0.25) is 0 Å². The molecule has 6 nitrogen and oxygen atoms in total. The fraction of sp³-hybridized carbons (Fsp3) is 0.909. The second kappa shape index (κ2) is 7.60. The van der Waals surface area contributed by atoms with Crippen molar-refractivity contribution in [3.05, 3.63) is 0 Å². The van der Waals surface area contributed by atoms with E-state index >= 15 is 0 Å². The number of rotatable bonds is 7. The minimum absolute atomic E-state index is 0.0213. The Morgan fingerprint density at radius 2 is 2.12 bits per heavy atom. The number of carbonyl (C=O) groups is 1. The van der Waals surface area contributed by atoms with Gasteiger partial charge in [-0.15, -0.1) is 0 Å². The molecule has 1 amide bonds. The molecule has 0 saturated carbocycles. The van der Waals surface area contributed by atoms with Crippen LogP contribution in [-0.4, -0.2) is 61.2 Å². The normalized spacial score (nSPS) is 24.2. The number of hydrogen-bond acceptors (Lipinski definition) is 5. The Bertz CT molecular complexity index is 234. The molecule has 0 aliphatic carbocycles. The Hall–Kier alpha value is -0.690. The van der Waals surface area contributed by atoms with Crippen LogP contribution < -0.4 is 10.6 Å². The van der Waals surface area contributed by atoms with Gasteiger partial charge in [-0.3, -0.25) is 4.79 Å². The lowest BCUT2D eigenvalue weighted by Gasteiger charge is -2.21. The first kappa shape index (κ1) is 14.4. The van der Waals surface area contributed by atoms with E-state index in [4.69, 9.17) is 14.9 Å². The van der Waals surface area contributed by atoms with Crippen LogP contribution in [0.15, 0.2) is 0 Å². The molecule has 17 heavy (non-hydrogen) atoms. The molecule has 0 bridgehead atoms. The molecule has 4 N–H and O–H groups in total. The van der Waals surface area contributed by atoms with Gasteiger partial charge in [0.1, 0.15) is 0 Å². The van der Waals surface area contributed by atoms with Crippen LogP contribution in [0.5, 0.6) is 0 Å². The molecule has 2 unspecified atom stereocenters.